The van der Waals surface area contributed by atoms with E-state index >= 15 is 0 Å². The Bertz CT molecular complexity index is 2230. The van der Waals surface area contributed by atoms with E-state index in [-0.39, 0.29) is 54.1 Å². The van der Waals surface area contributed by atoms with Crippen molar-refractivity contribution < 1.29 is 27.5 Å². The fourth-order valence-electron chi connectivity index (χ4n) is 6.53. The summed E-state index contributed by atoms with van der Waals surface area (Å²) in [5.41, 5.74) is 4.41. The number of aryl methyl sites for hydroxylation is 3. The third kappa shape index (κ3) is 7.13. The molecule has 0 saturated carbocycles. The van der Waals surface area contributed by atoms with Crippen LogP contribution in [0.5, 0.6) is 11.6 Å². The Morgan fingerprint density at radius 3 is 2.31 bits per heavy atom. The first-order valence-corrected chi connectivity index (χ1v) is 18.1. The van der Waals surface area contributed by atoms with Gasteiger partial charge in [0.05, 0.1) is 10.6 Å². The first kappa shape index (κ1) is 33.7. The fraction of sp³-hybridized carbons (Fsp3) is 0.231. The molecule has 3 heterocycles. The number of ether oxygens (including phenoxy) is 2. The molecule has 0 radical (unpaired) electrons. The van der Waals surface area contributed by atoms with E-state index in [1.807, 2.05) is 75.4 Å². The van der Waals surface area contributed by atoms with Gasteiger partial charge in [-0.1, -0.05) is 54.6 Å². The van der Waals surface area contributed by atoms with Gasteiger partial charge in [-0.25, -0.2) is 18.1 Å². The van der Waals surface area contributed by atoms with Crippen LogP contribution in [0.15, 0.2) is 102 Å². The number of carbonyl (C=O) groups is 2. The van der Waals surface area contributed by atoms with Crippen molar-refractivity contribution in [2.75, 3.05) is 17.8 Å². The van der Waals surface area contributed by atoms with Crippen molar-refractivity contribution in [3.05, 3.63) is 130 Å². The van der Waals surface area contributed by atoms with E-state index in [1.54, 1.807) is 23.1 Å². The molecular weight excluding hydrogens is 667 g/mol. The van der Waals surface area contributed by atoms with E-state index in [4.69, 9.17) is 9.47 Å². The van der Waals surface area contributed by atoms with Gasteiger partial charge < -0.3 is 19.7 Å². The Hall–Kier alpha value is -5.75. The Kier molecular flexibility index (Phi) is 8.94. The maximum Gasteiger partial charge on any atom is 0.264 e. The molecule has 2 aliphatic rings. The lowest BCUT2D eigenvalue weighted by Gasteiger charge is -2.42. The number of sulfonamides is 1. The van der Waals surface area contributed by atoms with Gasteiger partial charge in [0, 0.05) is 48.7 Å². The van der Waals surface area contributed by atoms with Crippen molar-refractivity contribution >= 4 is 27.8 Å². The lowest BCUT2D eigenvalue weighted by atomic mass is 9.97. The molecule has 12 heteroatoms. The Morgan fingerprint density at radius 2 is 1.59 bits per heavy atom. The molecule has 0 unspecified atom stereocenters. The average Bonchev–Trinajstić information content (AvgIpc) is 3.11. The number of fused-ring (bicyclic) bond motifs is 4. The van der Waals surface area contributed by atoms with Crippen molar-refractivity contribution in [1.29, 1.82) is 0 Å². The lowest BCUT2D eigenvalue weighted by molar-refractivity contribution is -0.0199. The van der Waals surface area contributed by atoms with Gasteiger partial charge in [0.15, 0.2) is 5.72 Å². The minimum atomic E-state index is -4.15. The van der Waals surface area contributed by atoms with Crippen molar-refractivity contribution in [2.24, 2.45) is 0 Å². The molecule has 2 N–H and O–H groups in total. The van der Waals surface area contributed by atoms with Crippen LogP contribution >= 0.6 is 0 Å². The Labute approximate surface area is 296 Å². The molecule has 1 fully saturated rings. The number of anilines is 1. The molecule has 2 amide bonds. The number of likely N-dealkylation sites (tertiary alicyclic amines) is 1. The van der Waals surface area contributed by atoms with Crippen LogP contribution in [0.2, 0.25) is 0 Å². The van der Waals surface area contributed by atoms with Gasteiger partial charge in [0.25, 0.3) is 21.8 Å². The number of nitrogens with one attached hydrogen (secondary N) is 2. The van der Waals surface area contributed by atoms with E-state index in [0.29, 0.717) is 23.6 Å². The number of benzene rings is 4. The van der Waals surface area contributed by atoms with Crippen LogP contribution in [0.25, 0.3) is 11.3 Å². The minimum Gasteiger partial charge on any atom is -0.489 e. The summed E-state index contributed by atoms with van der Waals surface area (Å²) in [6.07, 6.45) is 0.483. The normalized spacial score (nSPS) is 16.1. The zero-order valence-electron chi connectivity index (χ0n) is 28.5. The summed E-state index contributed by atoms with van der Waals surface area (Å²) in [7, 11) is -4.15. The van der Waals surface area contributed by atoms with Crippen molar-refractivity contribution in [1.82, 2.24) is 20.2 Å². The van der Waals surface area contributed by atoms with E-state index in [2.05, 4.69) is 20.0 Å². The summed E-state index contributed by atoms with van der Waals surface area (Å²) >= 11 is 0. The van der Waals surface area contributed by atoms with Gasteiger partial charge in [-0.2, -0.15) is 4.98 Å². The molecule has 5 aromatic rings. The molecule has 0 aliphatic carbocycles. The number of rotatable bonds is 5. The molecule has 1 aromatic heterocycles. The van der Waals surface area contributed by atoms with E-state index < -0.39 is 21.7 Å². The van der Waals surface area contributed by atoms with E-state index in [9.17, 15) is 18.0 Å². The van der Waals surface area contributed by atoms with Gasteiger partial charge in [-0.3, -0.25) is 9.59 Å². The highest BCUT2D eigenvalue weighted by molar-refractivity contribution is 7.92. The second kappa shape index (κ2) is 13.5. The molecule has 2 aliphatic heterocycles. The minimum absolute atomic E-state index is 0.0756. The summed E-state index contributed by atoms with van der Waals surface area (Å²) in [6.45, 7) is 6.75. The third-order valence-electron chi connectivity index (χ3n) is 9.25. The number of hydrogen-bond donors (Lipinski definition) is 2. The van der Waals surface area contributed by atoms with Gasteiger partial charge >= 0.3 is 0 Å². The molecular formula is C39H37N5O6S. The first-order chi connectivity index (χ1) is 24.5. The number of carbonyl (C=O) groups excluding carboxylic acids is 2. The van der Waals surface area contributed by atoms with Crippen molar-refractivity contribution in [3.63, 3.8) is 0 Å². The Morgan fingerprint density at radius 1 is 0.863 bits per heavy atom. The standard InChI is InChI=1S/C39H37N5O6S/c1-25-9-7-10-26(2)35(25)33-23-34-41-38(40-33)43-51(47,48)31-14-8-13-29(22-31)36(45)42-39(50-34)17-19-44(20-18-39)37(46)32-16-15-30(21-27(32)3)49-24-28-11-5-4-6-12-28/h4-16,21-23H,17-20,24H2,1-3H3,(H,42,45)(H,40,41,43). The highest BCUT2D eigenvalue weighted by atomic mass is 32.2. The smallest absolute Gasteiger partial charge is 0.264 e. The molecule has 7 rings (SSSR count). The topological polar surface area (TPSA) is 140 Å². The summed E-state index contributed by atoms with van der Waals surface area (Å²) in [6, 6.07) is 28.5. The molecule has 4 bridgehead atoms. The summed E-state index contributed by atoms with van der Waals surface area (Å²) in [5, 5.41) is 3.03. The van der Waals surface area contributed by atoms with Gasteiger partial charge in [0.2, 0.25) is 11.8 Å². The van der Waals surface area contributed by atoms with Gasteiger partial charge in [-0.15, -0.1) is 0 Å². The zero-order chi connectivity index (χ0) is 35.8. The number of aromatic nitrogens is 2. The van der Waals surface area contributed by atoms with Crippen LogP contribution in [0.1, 0.15) is 55.8 Å². The fourth-order valence-corrected chi connectivity index (χ4v) is 7.52. The Balaban J connectivity index is 1.18. The molecule has 1 spiro atoms. The maximum atomic E-state index is 13.8. The quantitative estimate of drug-likeness (QED) is 0.221. The lowest BCUT2D eigenvalue weighted by Crippen LogP contribution is -2.59. The molecule has 11 nitrogen and oxygen atoms in total. The maximum absolute atomic E-state index is 13.8. The summed E-state index contributed by atoms with van der Waals surface area (Å²) in [5.74, 6) is -0.0760. The van der Waals surface area contributed by atoms with Crippen LogP contribution in [-0.2, 0) is 16.6 Å². The van der Waals surface area contributed by atoms with Gasteiger partial charge in [0.1, 0.15) is 12.4 Å². The van der Waals surface area contributed by atoms with Crippen molar-refractivity contribution in [2.45, 2.75) is 50.8 Å². The highest BCUT2D eigenvalue weighted by Gasteiger charge is 2.41. The van der Waals surface area contributed by atoms with Crippen LogP contribution in [0.3, 0.4) is 0 Å². The average molecular weight is 704 g/mol. The van der Waals surface area contributed by atoms with Gasteiger partial charge in [-0.05, 0) is 79.4 Å². The van der Waals surface area contributed by atoms with E-state index in [0.717, 1.165) is 27.8 Å². The molecule has 260 valence electrons. The van der Waals surface area contributed by atoms with Crippen LogP contribution in [-0.4, -0.2) is 53.9 Å². The molecule has 0 atom stereocenters. The predicted octanol–water partition coefficient (Wildman–Crippen LogP) is 6.20. The zero-order valence-corrected chi connectivity index (χ0v) is 29.3. The largest absolute Gasteiger partial charge is 0.489 e. The first-order valence-electron chi connectivity index (χ1n) is 16.7. The molecule has 1 saturated heterocycles. The summed E-state index contributed by atoms with van der Waals surface area (Å²) < 4.78 is 41.8. The number of hydrogen-bond acceptors (Lipinski definition) is 8. The number of piperidine rings is 1. The van der Waals surface area contributed by atoms with Crippen LogP contribution < -0.4 is 19.5 Å². The van der Waals surface area contributed by atoms with Crippen LogP contribution in [0, 0.1) is 20.8 Å². The number of amides is 2. The highest BCUT2D eigenvalue weighted by Crippen LogP contribution is 2.34. The third-order valence-corrected chi connectivity index (χ3v) is 10.6. The number of nitrogens with zero attached hydrogens (tertiary/aromatic N) is 3. The molecule has 4 aromatic carbocycles. The van der Waals surface area contributed by atoms with Crippen molar-refractivity contribution in [3.8, 4) is 22.9 Å². The summed E-state index contributed by atoms with van der Waals surface area (Å²) in [4.78, 5) is 38.2. The second-order valence-electron chi connectivity index (χ2n) is 12.9. The predicted molar refractivity (Wildman–Crippen MR) is 192 cm³/mol. The second-order valence-corrected chi connectivity index (χ2v) is 14.6. The SMILES string of the molecule is Cc1cc(OCc2ccccc2)ccc1C(=O)N1CCC2(CC1)NC(=O)c1cccc(c1)S(=O)(=O)Nc1nc(cc(-c3c(C)cccc3C)n1)O2. The molecule has 51 heavy (non-hydrogen) atoms. The monoisotopic (exact) mass is 703 g/mol. The van der Waals surface area contributed by atoms with E-state index in [1.165, 1.54) is 24.3 Å². The van der Waals surface area contributed by atoms with Crippen LogP contribution in [0.4, 0.5) is 5.95 Å².